The molecule has 1 fully saturated rings. The van der Waals surface area contributed by atoms with Crippen LogP contribution in [0.1, 0.15) is 58.9 Å². The standard InChI is InChI=1S/C24H26N4O2S/c1-16-7-11-18(12-8-16)22(23(29)25-19-5-3-4-6-19)28(20-13-9-17(2)10-14-20)24(30)21-15-31-27-26-21/h7-15,19,22H,3-6H2,1-2H3,(H,25,29). The molecular weight excluding hydrogens is 408 g/mol. The summed E-state index contributed by atoms with van der Waals surface area (Å²) >= 11 is 1.12. The number of rotatable bonds is 6. The average Bonchev–Trinajstić information content (AvgIpc) is 3.47. The predicted molar refractivity (Wildman–Crippen MR) is 122 cm³/mol. The molecule has 1 unspecified atom stereocenters. The Morgan fingerprint density at radius 3 is 2.19 bits per heavy atom. The number of aryl methyl sites for hydroxylation is 2. The van der Waals surface area contributed by atoms with Gasteiger partial charge in [-0.05, 0) is 55.9 Å². The highest BCUT2D eigenvalue weighted by atomic mass is 32.1. The number of aromatic nitrogens is 2. The average molecular weight is 435 g/mol. The van der Waals surface area contributed by atoms with Crippen LogP contribution in [0.3, 0.4) is 0 Å². The van der Waals surface area contributed by atoms with Crippen LogP contribution in [0.2, 0.25) is 0 Å². The van der Waals surface area contributed by atoms with Gasteiger partial charge in [0, 0.05) is 17.1 Å². The van der Waals surface area contributed by atoms with Crippen molar-refractivity contribution in [3.8, 4) is 0 Å². The van der Waals surface area contributed by atoms with Gasteiger partial charge in [-0.1, -0.05) is 64.9 Å². The van der Waals surface area contributed by atoms with Gasteiger partial charge in [0.15, 0.2) is 5.69 Å². The lowest BCUT2D eigenvalue weighted by atomic mass is 10.0. The first-order valence-electron chi connectivity index (χ1n) is 10.6. The molecule has 160 valence electrons. The van der Waals surface area contributed by atoms with Crippen molar-refractivity contribution in [2.45, 2.75) is 51.6 Å². The fourth-order valence-corrected chi connectivity index (χ4v) is 4.42. The molecule has 1 aliphatic rings. The summed E-state index contributed by atoms with van der Waals surface area (Å²) in [6.07, 6.45) is 4.18. The van der Waals surface area contributed by atoms with E-state index in [4.69, 9.17) is 0 Å². The summed E-state index contributed by atoms with van der Waals surface area (Å²) in [6.45, 7) is 3.99. The Bertz CT molecular complexity index is 1030. The van der Waals surface area contributed by atoms with Gasteiger partial charge in [0.05, 0.1) is 0 Å². The summed E-state index contributed by atoms with van der Waals surface area (Å²) in [4.78, 5) is 28.7. The predicted octanol–water partition coefficient (Wildman–Crippen LogP) is 4.60. The zero-order valence-electron chi connectivity index (χ0n) is 17.7. The van der Waals surface area contributed by atoms with Gasteiger partial charge in [-0.15, -0.1) is 5.10 Å². The minimum Gasteiger partial charge on any atom is -0.351 e. The molecule has 0 saturated heterocycles. The highest BCUT2D eigenvalue weighted by molar-refractivity contribution is 7.03. The molecule has 1 saturated carbocycles. The Hall–Kier alpha value is -3.06. The van der Waals surface area contributed by atoms with Crippen LogP contribution in [0, 0.1) is 13.8 Å². The first-order chi connectivity index (χ1) is 15.0. The van der Waals surface area contributed by atoms with E-state index < -0.39 is 6.04 Å². The van der Waals surface area contributed by atoms with Crippen LogP contribution in [0.4, 0.5) is 5.69 Å². The van der Waals surface area contributed by atoms with Crippen LogP contribution in [-0.2, 0) is 4.79 Å². The molecule has 6 nitrogen and oxygen atoms in total. The van der Waals surface area contributed by atoms with Crippen molar-refractivity contribution in [3.05, 3.63) is 76.3 Å². The first kappa shape index (κ1) is 21.2. The second-order valence-electron chi connectivity index (χ2n) is 8.10. The molecule has 31 heavy (non-hydrogen) atoms. The summed E-state index contributed by atoms with van der Waals surface area (Å²) in [7, 11) is 0. The maximum Gasteiger partial charge on any atom is 0.280 e. The fourth-order valence-electron chi connectivity index (χ4n) is 3.99. The Balaban J connectivity index is 1.79. The number of hydrogen-bond acceptors (Lipinski definition) is 5. The number of amides is 2. The number of hydrogen-bond donors (Lipinski definition) is 1. The lowest BCUT2D eigenvalue weighted by molar-refractivity contribution is -0.123. The Morgan fingerprint density at radius 1 is 1.00 bits per heavy atom. The van der Waals surface area contributed by atoms with Crippen molar-refractivity contribution < 1.29 is 9.59 Å². The second kappa shape index (κ2) is 9.39. The maximum atomic E-state index is 13.6. The molecule has 1 aromatic heterocycles. The third kappa shape index (κ3) is 4.82. The molecule has 2 amide bonds. The van der Waals surface area contributed by atoms with Crippen molar-refractivity contribution in [1.29, 1.82) is 0 Å². The highest BCUT2D eigenvalue weighted by Crippen LogP contribution is 2.31. The van der Waals surface area contributed by atoms with Gasteiger partial charge in [0.2, 0.25) is 5.91 Å². The molecule has 7 heteroatoms. The van der Waals surface area contributed by atoms with Gasteiger partial charge in [-0.3, -0.25) is 14.5 Å². The normalized spacial score (nSPS) is 14.9. The topological polar surface area (TPSA) is 75.2 Å². The molecule has 1 aliphatic carbocycles. The minimum atomic E-state index is -0.807. The summed E-state index contributed by atoms with van der Waals surface area (Å²) in [5, 5.41) is 8.78. The van der Waals surface area contributed by atoms with Gasteiger partial charge >= 0.3 is 0 Å². The first-order valence-corrected chi connectivity index (χ1v) is 11.4. The summed E-state index contributed by atoms with van der Waals surface area (Å²) in [5.74, 6) is -0.516. The van der Waals surface area contributed by atoms with Crippen molar-refractivity contribution >= 4 is 29.0 Å². The Labute approximate surface area is 186 Å². The van der Waals surface area contributed by atoms with Crippen LogP contribution in [0.15, 0.2) is 53.9 Å². The van der Waals surface area contributed by atoms with E-state index in [-0.39, 0.29) is 23.6 Å². The molecule has 1 heterocycles. The van der Waals surface area contributed by atoms with Gasteiger partial charge in [-0.2, -0.15) is 0 Å². The molecule has 0 radical (unpaired) electrons. The van der Waals surface area contributed by atoms with Gasteiger partial charge in [-0.25, -0.2) is 0 Å². The minimum absolute atomic E-state index is 0.149. The zero-order valence-corrected chi connectivity index (χ0v) is 18.6. The maximum absolute atomic E-state index is 13.6. The fraction of sp³-hybridized carbons (Fsp3) is 0.333. The largest absolute Gasteiger partial charge is 0.351 e. The van der Waals surface area contributed by atoms with E-state index in [0.717, 1.165) is 53.9 Å². The van der Waals surface area contributed by atoms with Crippen LogP contribution in [-0.4, -0.2) is 27.4 Å². The van der Waals surface area contributed by atoms with E-state index in [0.29, 0.717) is 5.69 Å². The van der Waals surface area contributed by atoms with Crippen LogP contribution in [0.5, 0.6) is 0 Å². The number of nitrogens with one attached hydrogen (secondary N) is 1. The summed E-state index contributed by atoms with van der Waals surface area (Å²) < 4.78 is 3.85. The second-order valence-corrected chi connectivity index (χ2v) is 8.71. The highest BCUT2D eigenvalue weighted by Gasteiger charge is 2.35. The lowest BCUT2D eigenvalue weighted by Gasteiger charge is -2.32. The molecular formula is C24H26N4O2S. The van der Waals surface area contributed by atoms with Crippen molar-refractivity contribution in [2.75, 3.05) is 4.90 Å². The molecule has 0 bridgehead atoms. The molecule has 0 aliphatic heterocycles. The van der Waals surface area contributed by atoms with Crippen LogP contribution < -0.4 is 10.2 Å². The van der Waals surface area contributed by atoms with E-state index in [2.05, 4.69) is 14.9 Å². The number of anilines is 1. The summed E-state index contributed by atoms with van der Waals surface area (Å²) in [5.41, 5.74) is 3.81. The number of carbonyl (C=O) groups excluding carboxylic acids is 2. The SMILES string of the molecule is Cc1ccc(C(C(=O)NC2CCCC2)N(C(=O)c2csnn2)c2ccc(C)cc2)cc1. The van der Waals surface area contributed by atoms with E-state index in [9.17, 15) is 9.59 Å². The monoisotopic (exact) mass is 434 g/mol. The van der Waals surface area contributed by atoms with Crippen molar-refractivity contribution in [1.82, 2.24) is 14.9 Å². The molecule has 1 N–H and O–H groups in total. The smallest absolute Gasteiger partial charge is 0.280 e. The van der Waals surface area contributed by atoms with Gasteiger partial charge in [0.25, 0.3) is 5.91 Å². The Kier molecular flexibility index (Phi) is 6.42. The summed E-state index contributed by atoms with van der Waals surface area (Å²) in [6, 6.07) is 14.7. The van der Waals surface area contributed by atoms with Crippen LogP contribution in [0.25, 0.3) is 0 Å². The number of nitrogens with zero attached hydrogens (tertiary/aromatic N) is 3. The van der Waals surface area contributed by atoms with E-state index in [1.54, 1.807) is 10.3 Å². The van der Waals surface area contributed by atoms with E-state index in [1.807, 2.05) is 62.4 Å². The van der Waals surface area contributed by atoms with E-state index in [1.165, 1.54) is 0 Å². The molecule has 3 aromatic rings. The lowest BCUT2D eigenvalue weighted by Crippen LogP contribution is -2.46. The molecule has 2 aromatic carbocycles. The molecule has 1 atom stereocenters. The number of carbonyl (C=O) groups is 2. The third-order valence-corrected chi connectivity index (χ3v) is 6.22. The quantitative estimate of drug-likeness (QED) is 0.615. The van der Waals surface area contributed by atoms with Crippen molar-refractivity contribution in [3.63, 3.8) is 0 Å². The zero-order chi connectivity index (χ0) is 21.8. The molecule has 0 spiro atoms. The van der Waals surface area contributed by atoms with Gasteiger partial charge in [0.1, 0.15) is 6.04 Å². The van der Waals surface area contributed by atoms with Gasteiger partial charge < -0.3 is 5.32 Å². The number of benzene rings is 2. The molecule has 4 rings (SSSR count). The van der Waals surface area contributed by atoms with Crippen molar-refractivity contribution in [2.24, 2.45) is 0 Å². The third-order valence-electron chi connectivity index (χ3n) is 5.71. The van der Waals surface area contributed by atoms with Crippen LogP contribution >= 0.6 is 11.5 Å². The van der Waals surface area contributed by atoms with E-state index >= 15 is 0 Å². The Morgan fingerprint density at radius 2 is 1.61 bits per heavy atom.